The summed E-state index contributed by atoms with van der Waals surface area (Å²) < 4.78 is 13.6. The number of hydrogen-bond acceptors (Lipinski definition) is 4. The maximum atomic E-state index is 5.92. The molecule has 2 unspecified atom stereocenters. The minimum Gasteiger partial charge on any atom is -0.375 e. The topological polar surface area (TPSA) is 63.9 Å². The van der Waals surface area contributed by atoms with E-state index >= 15 is 0 Å². The number of nitrogens with one attached hydrogen (secondary N) is 1. The molecule has 23 heavy (non-hydrogen) atoms. The van der Waals surface area contributed by atoms with Crippen LogP contribution in [0.15, 0.2) is 23.5 Å². The van der Waals surface area contributed by atoms with Gasteiger partial charge >= 0.3 is 0 Å². The van der Waals surface area contributed by atoms with Gasteiger partial charge in [-0.25, -0.2) is 0 Å². The first-order valence-electron chi connectivity index (χ1n) is 8.60. The van der Waals surface area contributed by atoms with Gasteiger partial charge in [0.1, 0.15) is 6.10 Å². The number of morpholine rings is 1. The first-order chi connectivity index (χ1) is 11.4. The highest BCUT2D eigenvalue weighted by molar-refractivity contribution is 5.80. The smallest absolute Gasteiger partial charge is 0.194 e. The summed E-state index contributed by atoms with van der Waals surface area (Å²) in [5.41, 5.74) is 0. The number of aromatic nitrogens is 2. The standard InChI is InChI=1S/C16H27N5O2/c1-2-17-16(18-7-9-21-8-4-6-19-21)20-10-12-23-15(13-20)14-5-3-11-22-14/h4,6,8,14-15H,2-3,5,7,9-13H2,1H3,(H,17,18). The molecular formula is C16H27N5O2. The zero-order chi connectivity index (χ0) is 15.9. The van der Waals surface area contributed by atoms with E-state index in [1.54, 1.807) is 6.20 Å². The lowest BCUT2D eigenvalue weighted by atomic mass is 10.1. The number of hydrogen-bond donors (Lipinski definition) is 1. The Morgan fingerprint density at radius 2 is 2.26 bits per heavy atom. The molecule has 0 radical (unpaired) electrons. The zero-order valence-electron chi connectivity index (χ0n) is 13.9. The fraction of sp³-hybridized carbons (Fsp3) is 0.750. The Morgan fingerprint density at radius 3 is 3.00 bits per heavy atom. The Hall–Kier alpha value is -1.60. The van der Waals surface area contributed by atoms with Crippen molar-refractivity contribution in [1.29, 1.82) is 0 Å². The summed E-state index contributed by atoms with van der Waals surface area (Å²) in [6.45, 7) is 7.78. The summed E-state index contributed by atoms with van der Waals surface area (Å²) in [6.07, 6.45) is 6.40. The second-order valence-electron chi connectivity index (χ2n) is 5.91. The van der Waals surface area contributed by atoms with Crippen LogP contribution in [0.3, 0.4) is 0 Å². The average Bonchev–Trinajstić information content (AvgIpc) is 3.28. The van der Waals surface area contributed by atoms with E-state index in [4.69, 9.17) is 14.5 Å². The van der Waals surface area contributed by atoms with Crippen molar-refractivity contribution in [2.75, 3.05) is 39.4 Å². The molecule has 0 aliphatic carbocycles. The molecule has 0 amide bonds. The van der Waals surface area contributed by atoms with Crippen molar-refractivity contribution in [2.24, 2.45) is 4.99 Å². The minimum atomic E-state index is 0.154. The van der Waals surface area contributed by atoms with Crippen molar-refractivity contribution >= 4 is 5.96 Å². The van der Waals surface area contributed by atoms with Crippen LogP contribution < -0.4 is 5.32 Å². The van der Waals surface area contributed by atoms with Crippen molar-refractivity contribution in [1.82, 2.24) is 20.0 Å². The molecule has 0 bridgehead atoms. The summed E-state index contributed by atoms with van der Waals surface area (Å²) >= 11 is 0. The fourth-order valence-electron chi connectivity index (χ4n) is 3.11. The summed E-state index contributed by atoms with van der Waals surface area (Å²) in [4.78, 5) is 7.04. The molecule has 3 rings (SSSR count). The Kier molecular flexibility index (Phi) is 5.87. The van der Waals surface area contributed by atoms with E-state index in [2.05, 4.69) is 22.2 Å². The predicted octanol–water partition coefficient (Wildman–Crippen LogP) is 0.728. The molecule has 7 nitrogen and oxygen atoms in total. The fourth-order valence-corrected chi connectivity index (χ4v) is 3.11. The lowest BCUT2D eigenvalue weighted by molar-refractivity contribution is -0.0817. The van der Waals surface area contributed by atoms with Gasteiger partial charge in [0.05, 0.1) is 25.8 Å². The van der Waals surface area contributed by atoms with Gasteiger partial charge in [-0.15, -0.1) is 0 Å². The highest BCUT2D eigenvalue weighted by Crippen LogP contribution is 2.21. The Morgan fingerprint density at radius 1 is 1.35 bits per heavy atom. The molecule has 1 N–H and O–H groups in total. The highest BCUT2D eigenvalue weighted by Gasteiger charge is 2.32. The third-order valence-electron chi connectivity index (χ3n) is 4.26. The zero-order valence-corrected chi connectivity index (χ0v) is 13.9. The predicted molar refractivity (Wildman–Crippen MR) is 88.5 cm³/mol. The quantitative estimate of drug-likeness (QED) is 0.640. The second kappa shape index (κ2) is 8.31. The van der Waals surface area contributed by atoms with Crippen LogP contribution in [0.5, 0.6) is 0 Å². The summed E-state index contributed by atoms with van der Waals surface area (Å²) in [6, 6.07) is 1.93. The lowest BCUT2D eigenvalue weighted by Crippen LogP contribution is -2.53. The van der Waals surface area contributed by atoms with E-state index in [0.717, 1.165) is 58.2 Å². The molecule has 1 aromatic heterocycles. The van der Waals surface area contributed by atoms with Gasteiger partial charge in [-0.05, 0) is 25.8 Å². The molecule has 2 aliphatic heterocycles. The number of ether oxygens (including phenoxy) is 2. The molecular weight excluding hydrogens is 294 g/mol. The largest absolute Gasteiger partial charge is 0.375 e. The van der Waals surface area contributed by atoms with Crippen molar-refractivity contribution in [3.63, 3.8) is 0 Å². The molecule has 2 saturated heterocycles. The third-order valence-corrected chi connectivity index (χ3v) is 4.26. The molecule has 7 heteroatoms. The number of nitrogens with zero attached hydrogens (tertiary/aromatic N) is 4. The van der Waals surface area contributed by atoms with Gasteiger partial charge in [0.2, 0.25) is 0 Å². The number of guanidine groups is 1. The summed E-state index contributed by atoms with van der Waals surface area (Å²) in [7, 11) is 0. The van der Waals surface area contributed by atoms with Crippen LogP contribution in [-0.2, 0) is 16.0 Å². The molecule has 0 spiro atoms. The third kappa shape index (κ3) is 4.45. The SMILES string of the molecule is CCNC(=NCCn1cccn1)N1CCOC(C2CCCO2)C1. The highest BCUT2D eigenvalue weighted by atomic mass is 16.5. The maximum Gasteiger partial charge on any atom is 0.194 e. The van der Waals surface area contributed by atoms with E-state index in [1.807, 2.05) is 16.9 Å². The van der Waals surface area contributed by atoms with Gasteiger partial charge < -0.3 is 19.7 Å². The van der Waals surface area contributed by atoms with Crippen molar-refractivity contribution in [3.05, 3.63) is 18.5 Å². The molecule has 0 aromatic carbocycles. The van der Waals surface area contributed by atoms with Gasteiger partial charge in [0.25, 0.3) is 0 Å². The molecule has 2 aliphatic rings. The number of rotatable bonds is 5. The molecule has 1 aromatic rings. The van der Waals surface area contributed by atoms with E-state index in [1.165, 1.54) is 0 Å². The van der Waals surface area contributed by atoms with Gasteiger partial charge in [0.15, 0.2) is 5.96 Å². The van der Waals surface area contributed by atoms with Gasteiger partial charge in [0, 0.05) is 38.6 Å². The second-order valence-corrected chi connectivity index (χ2v) is 5.91. The first kappa shape index (κ1) is 16.3. The van der Waals surface area contributed by atoms with E-state index in [0.29, 0.717) is 6.54 Å². The molecule has 128 valence electrons. The first-order valence-corrected chi connectivity index (χ1v) is 8.60. The molecule has 2 fully saturated rings. The van der Waals surface area contributed by atoms with Crippen LogP contribution in [0.4, 0.5) is 0 Å². The lowest BCUT2D eigenvalue weighted by Gasteiger charge is -2.37. The monoisotopic (exact) mass is 321 g/mol. The number of aliphatic imine (C=N–C) groups is 1. The van der Waals surface area contributed by atoms with E-state index in [9.17, 15) is 0 Å². The maximum absolute atomic E-state index is 5.92. The molecule has 2 atom stereocenters. The Bertz CT molecular complexity index is 485. The van der Waals surface area contributed by atoms with Crippen molar-refractivity contribution in [3.8, 4) is 0 Å². The minimum absolute atomic E-state index is 0.154. The van der Waals surface area contributed by atoms with Crippen molar-refractivity contribution < 1.29 is 9.47 Å². The van der Waals surface area contributed by atoms with Crippen LogP contribution in [0.25, 0.3) is 0 Å². The van der Waals surface area contributed by atoms with E-state index in [-0.39, 0.29) is 12.2 Å². The normalized spacial score (nSPS) is 25.8. The van der Waals surface area contributed by atoms with E-state index < -0.39 is 0 Å². The van der Waals surface area contributed by atoms with Gasteiger partial charge in [-0.2, -0.15) is 5.10 Å². The van der Waals surface area contributed by atoms with Gasteiger partial charge in [-0.3, -0.25) is 9.67 Å². The van der Waals surface area contributed by atoms with Crippen LogP contribution in [0.2, 0.25) is 0 Å². The Labute approximate surface area is 137 Å². The molecule has 0 saturated carbocycles. The molecule has 3 heterocycles. The van der Waals surface area contributed by atoms with Gasteiger partial charge in [-0.1, -0.05) is 0 Å². The Balaban J connectivity index is 1.57. The van der Waals surface area contributed by atoms with Crippen LogP contribution in [-0.4, -0.2) is 72.2 Å². The van der Waals surface area contributed by atoms with Crippen LogP contribution in [0, 0.1) is 0 Å². The average molecular weight is 321 g/mol. The van der Waals surface area contributed by atoms with Crippen LogP contribution >= 0.6 is 0 Å². The summed E-state index contributed by atoms with van der Waals surface area (Å²) in [5.74, 6) is 0.964. The van der Waals surface area contributed by atoms with Crippen LogP contribution in [0.1, 0.15) is 19.8 Å². The van der Waals surface area contributed by atoms with Crippen molar-refractivity contribution in [2.45, 2.75) is 38.5 Å². The summed E-state index contributed by atoms with van der Waals surface area (Å²) in [5, 5.41) is 7.61.